The van der Waals surface area contributed by atoms with Crippen LogP contribution in [-0.4, -0.2) is 41.3 Å². The number of likely N-dealkylation sites (tertiary alicyclic amines) is 1. The first-order valence-corrected chi connectivity index (χ1v) is 6.38. The maximum Gasteiger partial charge on any atom is 0.128 e. The van der Waals surface area contributed by atoms with Crippen LogP contribution in [0.1, 0.15) is 39.5 Å². The topological polar surface area (TPSA) is 32.7 Å². The number of aliphatic hydroxyl groups excluding tert-OH is 1. The Morgan fingerprint density at radius 3 is 2.56 bits per heavy atom. The van der Waals surface area contributed by atoms with E-state index in [1.165, 1.54) is 12.8 Å². The Hall–Kier alpha value is -0.540. The van der Waals surface area contributed by atoms with Gasteiger partial charge in [-0.25, -0.2) is 0 Å². The van der Waals surface area contributed by atoms with Crippen LogP contribution in [0.5, 0.6) is 0 Å². The molecule has 2 rings (SSSR count). The van der Waals surface area contributed by atoms with Gasteiger partial charge in [0.1, 0.15) is 11.9 Å². The third-order valence-corrected chi connectivity index (χ3v) is 3.82. The second-order valence-electron chi connectivity index (χ2n) is 5.35. The summed E-state index contributed by atoms with van der Waals surface area (Å²) in [6.07, 6.45) is 6.15. The molecule has 0 bridgehead atoms. The quantitative estimate of drug-likeness (QED) is 0.796. The molecular weight excluding hydrogens is 202 g/mol. The van der Waals surface area contributed by atoms with Crippen molar-refractivity contribution in [1.29, 1.82) is 0 Å². The molecule has 0 aromatic rings. The lowest BCUT2D eigenvalue weighted by Crippen LogP contribution is -2.52. The number of rotatable bonds is 3. The molecule has 1 unspecified atom stereocenters. The minimum absolute atomic E-state index is 0.209. The zero-order valence-corrected chi connectivity index (χ0v) is 10.4. The number of hydrogen-bond acceptors (Lipinski definition) is 3. The first-order chi connectivity index (χ1) is 7.62. The van der Waals surface area contributed by atoms with Crippen LogP contribution in [-0.2, 0) is 4.74 Å². The third-order valence-electron chi connectivity index (χ3n) is 3.82. The lowest BCUT2D eigenvalue weighted by Gasteiger charge is -2.40. The molecule has 0 aromatic heterocycles. The molecule has 0 radical (unpaired) electrons. The summed E-state index contributed by atoms with van der Waals surface area (Å²) in [4.78, 5) is 2.37. The predicted molar refractivity (Wildman–Crippen MR) is 64.2 cm³/mol. The maximum atomic E-state index is 10.4. The smallest absolute Gasteiger partial charge is 0.128 e. The fourth-order valence-electron chi connectivity index (χ4n) is 2.58. The van der Waals surface area contributed by atoms with Gasteiger partial charge in [-0.1, -0.05) is 0 Å². The number of ether oxygens (including phenoxy) is 1. The molecule has 92 valence electrons. The minimum atomic E-state index is -0.495. The predicted octanol–water partition coefficient (Wildman–Crippen LogP) is 1.92. The average molecular weight is 225 g/mol. The van der Waals surface area contributed by atoms with Crippen LogP contribution >= 0.6 is 0 Å². The summed E-state index contributed by atoms with van der Waals surface area (Å²) in [5.41, 5.74) is -0.209. The highest BCUT2D eigenvalue weighted by molar-refractivity contribution is 5.10. The first kappa shape index (κ1) is 11.9. The molecule has 0 aliphatic carbocycles. The van der Waals surface area contributed by atoms with E-state index in [4.69, 9.17) is 4.74 Å². The van der Waals surface area contributed by atoms with Gasteiger partial charge >= 0.3 is 0 Å². The van der Waals surface area contributed by atoms with Crippen molar-refractivity contribution in [1.82, 2.24) is 4.90 Å². The summed E-state index contributed by atoms with van der Waals surface area (Å²) in [6, 6.07) is 0. The van der Waals surface area contributed by atoms with E-state index in [1.54, 1.807) is 0 Å². The van der Waals surface area contributed by atoms with Crippen LogP contribution < -0.4 is 0 Å². The SMILES string of the molecule is CC(C)(C(O)C1=CCCCO1)N1CCCC1. The monoisotopic (exact) mass is 225 g/mol. The Morgan fingerprint density at radius 2 is 2.00 bits per heavy atom. The van der Waals surface area contributed by atoms with Crippen molar-refractivity contribution >= 4 is 0 Å². The van der Waals surface area contributed by atoms with Gasteiger partial charge in [-0.05, 0) is 58.7 Å². The summed E-state index contributed by atoms with van der Waals surface area (Å²) >= 11 is 0. The molecule has 16 heavy (non-hydrogen) atoms. The standard InChI is InChI=1S/C13H23NO2/c1-13(2,14-8-4-5-9-14)12(15)11-7-3-6-10-16-11/h7,12,15H,3-6,8-10H2,1-2H3. The van der Waals surface area contributed by atoms with E-state index in [-0.39, 0.29) is 5.54 Å². The molecule has 1 N–H and O–H groups in total. The second-order valence-corrected chi connectivity index (χ2v) is 5.35. The van der Waals surface area contributed by atoms with Crippen molar-refractivity contribution in [2.75, 3.05) is 19.7 Å². The van der Waals surface area contributed by atoms with Crippen LogP contribution in [0, 0.1) is 0 Å². The van der Waals surface area contributed by atoms with Crippen LogP contribution in [0.15, 0.2) is 11.8 Å². The van der Waals surface area contributed by atoms with Gasteiger partial charge in [-0.3, -0.25) is 4.90 Å². The van der Waals surface area contributed by atoms with E-state index >= 15 is 0 Å². The Labute approximate surface area is 98.1 Å². The van der Waals surface area contributed by atoms with Gasteiger partial charge in [0.05, 0.1) is 6.61 Å². The Kier molecular flexibility index (Phi) is 3.55. The number of allylic oxidation sites excluding steroid dienone is 1. The molecule has 0 amide bonds. The number of hydrogen-bond donors (Lipinski definition) is 1. The molecular formula is C13H23NO2. The highest BCUT2D eigenvalue weighted by Crippen LogP contribution is 2.29. The van der Waals surface area contributed by atoms with Gasteiger partial charge in [-0.2, -0.15) is 0 Å². The van der Waals surface area contributed by atoms with Crippen LogP contribution in [0.25, 0.3) is 0 Å². The van der Waals surface area contributed by atoms with Gasteiger partial charge in [-0.15, -0.1) is 0 Å². The molecule has 0 aromatic carbocycles. The molecule has 2 heterocycles. The molecule has 1 atom stereocenters. The Morgan fingerprint density at radius 1 is 1.31 bits per heavy atom. The molecule has 3 nitrogen and oxygen atoms in total. The lowest BCUT2D eigenvalue weighted by molar-refractivity contribution is -0.0147. The average Bonchev–Trinajstić information content (AvgIpc) is 2.83. The largest absolute Gasteiger partial charge is 0.495 e. The van der Waals surface area contributed by atoms with Crippen LogP contribution in [0.3, 0.4) is 0 Å². The van der Waals surface area contributed by atoms with Gasteiger partial charge in [0, 0.05) is 5.54 Å². The van der Waals surface area contributed by atoms with Crippen molar-refractivity contribution in [3.8, 4) is 0 Å². The van der Waals surface area contributed by atoms with Crippen LogP contribution in [0.2, 0.25) is 0 Å². The zero-order valence-electron chi connectivity index (χ0n) is 10.4. The van der Waals surface area contributed by atoms with E-state index in [2.05, 4.69) is 18.7 Å². The maximum absolute atomic E-state index is 10.4. The zero-order chi connectivity index (χ0) is 11.6. The van der Waals surface area contributed by atoms with Crippen molar-refractivity contribution in [3.05, 3.63) is 11.8 Å². The summed E-state index contributed by atoms with van der Waals surface area (Å²) < 4.78 is 5.57. The lowest BCUT2D eigenvalue weighted by atomic mass is 9.92. The summed E-state index contributed by atoms with van der Waals surface area (Å²) in [6.45, 7) is 7.16. The third kappa shape index (κ3) is 2.25. The summed E-state index contributed by atoms with van der Waals surface area (Å²) in [7, 11) is 0. The molecule has 1 saturated heterocycles. The molecule has 2 aliphatic heterocycles. The van der Waals surface area contributed by atoms with Crippen molar-refractivity contribution in [2.24, 2.45) is 0 Å². The van der Waals surface area contributed by atoms with Gasteiger partial charge < -0.3 is 9.84 Å². The highest BCUT2D eigenvalue weighted by Gasteiger charge is 2.38. The van der Waals surface area contributed by atoms with E-state index in [9.17, 15) is 5.11 Å². The van der Waals surface area contributed by atoms with Crippen molar-refractivity contribution in [2.45, 2.75) is 51.2 Å². The van der Waals surface area contributed by atoms with Crippen LogP contribution in [0.4, 0.5) is 0 Å². The van der Waals surface area contributed by atoms with Crippen molar-refractivity contribution in [3.63, 3.8) is 0 Å². The molecule has 2 aliphatic rings. The Balaban J connectivity index is 2.06. The van der Waals surface area contributed by atoms with Gasteiger partial charge in [0.15, 0.2) is 0 Å². The molecule has 1 fully saturated rings. The first-order valence-electron chi connectivity index (χ1n) is 6.38. The summed E-state index contributed by atoms with van der Waals surface area (Å²) in [5, 5.41) is 10.4. The second kappa shape index (κ2) is 4.76. The number of aliphatic hydroxyl groups is 1. The molecule has 0 saturated carbocycles. The Bertz CT molecular complexity index is 267. The van der Waals surface area contributed by atoms with E-state index in [0.29, 0.717) is 0 Å². The number of nitrogens with zero attached hydrogens (tertiary/aromatic N) is 1. The molecule has 0 spiro atoms. The summed E-state index contributed by atoms with van der Waals surface area (Å²) in [5.74, 6) is 0.781. The molecule has 3 heteroatoms. The van der Waals surface area contributed by atoms with E-state index in [1.807, 2.05) is 6.08 Å². The fourth-order valence-corrected chi connectivity index (χ4v) is 2.58. The normalized spacial score (nSPS) is 25.1. The van der Waals surface area contributed by atoms with E-state index in [0.717, 1.165) is 38.3 Å². The highest BCUT2D eigenvalue weighted by atomic mass is 16.5. The van der Waals surface area contributed by atoms with Crippen molar-refractivity contribution < 1.29 is 9.84 Å². The van der Waals surface area contributed by atoms with Gasteiger partial charge in [0.25, 0.3) is 0 Å². The van der Waals surface area contributed by atoms with E-state index < -0.39 is 6.10 Å². The fraction of sp³-hybridized carbons (Fsp3) is 0.846. The van der Waals surface area contributed by atoms with Gasteiger partial charge in [0.2, 0.25) is 0 Å². The minimum Gasteiger partial charge on any atom is -0.495 e.